The average molecular weight is 241 g/mol. The molecule has 0 amide bonds. The Balaban J connectivity index is 2.47. The first-order valence-electron chi connectivity index (χ1n) is 5.36. The number of hydrogen-bond acceptors (Lipinski definition) is 3. The van der Waals surface area contributed by atoms with Gasteiger partial charge in [-0.05, 0) is 19.4 Å². The maximum atomic E-state index is 11.0. The molecular weight excluding hydrogens is 222 g/mol. The van der Waals surface area contributed by atoms with Gasteiger partial charge in [-0.1, -0.05) is 29.8 Å². The van der Waals surface area contributed by atoms with Crippen LogP contribution in [0.2, 0.25) is 0 Å². The Morgan fingerprint density at radius 3 is 2.31 bits per heavy atom. The maximum absolute atomic E-state index is 11.0. The number of aryl methyl sites for hydroxylation is 1. The summed E-state index contributed by atoms with van der Waals surface area (Å²) in [5.41, 5.74) is 2.41. The fourth-order valence-electron chi connectivity index (χ4n) is 1.43. The van der Waals surface area contributed by atoms with E-state index in [9.17, 15) is 8.42 Å². The molecular formula is C12H19NO2S. The lowest BCUT2D eigenvalue weighted by Crippen LogP contribution is -2.25. The fourth-order valence-corrected chi connectivity index (χ4v) is 1.92. The largest absolute Gasteiger partial charge is 0.309 e. The lowest BCUT2D eigenvalue weighted by Gasteiger charge is -2.13. The van der Waals surface area contributed by atoms with Gasteiger partial charge in [0.2, 0.25) is 0 Å². The summed E-state index contributed by atoms with van der Waals surface area (Å²) < 4.78 is 21.9. The highest BCUT2D eigenvalue weighted by Gasteiger charge is 2.06. The molecule has 0 aromatic heterocycles. The summed E-state index contributed by atoms with van der Waals surface area (Å²) in [6, 6.07) is 8.43. The van der Waals surface area contributed by atoms with Crippen molar-refractivity contribution in [3.05, 3.63) is 35.4 Å². The van der Waals surface area contributed by atoms with Crippen molar-refractivity contribution in [1.29, 1.82) is 0 Å². The molecule has 0 spiro atoms. The van der Waals surface area contributed by atoms with Crippen LogP contribution in [0.3, 0.4) is 0 Å². The Kier molecular flexibility index (Phi) is 4.50. The lowest BCUT2D eigenvalue weighted by molar-refractivity contribution is 0.576. The van der Waals surface area contributed by atoms with E-state index in [1.807, 2.05) is 13.8 Å². The monoisotopic (exact) mass is 241 g/mol. The second kappa shape index (κ2) is 5.46. The van der Waals surface area contributed by atoms with E-state index in [-0.39, 0.29) is 11.8 Å². The predicted octanol–water partition coefficient (Wildman–Crippen LogP) is 1.69. The summed E-state index contributed by atoms with van der Waals surface area (Å²) in [6.45, 7) is 4.58. The summed E-state index contributed by atoms with van der Waals surface area (Å²) in [5.74, 6) is 0.184. The Morgan fingerprint density at radius 1 is 1.25 bits per heavy atom. The molecule has 0 bridgehead atoms. The molecule has 16 heavy (non-hydrogen) atoms. The first-order chi connectivity index (χ1) is 7.38. The molecule has 0 aliphatic heterocycles. The quantitative estimate of drug-likeness (QED) is 0.853. The van der Waals surface area contributed by atoms with Gasteiger partial charge in [-0.2, -0.15) is 0 Å². The highest BCUT2D eigenvalue weighted by Crippen LogP contribution is 2.12. The zero-order chi connectivity index (χ0) is 12.2. The van der Waals surface area contributed by atoms with Crippen LogP contribution in [-0.4, -0.2) is 27.0 Å². The third kappa shape index (κ3) is 4.77. The number of benzene rings is 1. The lowest BCUT2D eigenvalue weighted by atomic mass is 10.1. The predicted molar refractivity (Wildman–Crippen MR) is 67.3 cm³/mol. The standard InChI is InChI=1S/C12H19NO2S/c1-10-4-6-12(7-5-10)11(2)13-8-9-16(3,14)15/h4-7,11,13H,8-9H2,1-3H3/t11-/m1/s1. The second-order valence-electron chi connectivity index (χ2n) is 4.22. The van der Waals surface area contributed by atoms with E-state index in [1.54, 1.807) is 0 Å². The molecule has 90 valence electrons. The van der Waals surface area contributed by atoms with Crippen LogP contribution in [0.4, 0.5) is 0 Å². The minimum Gasteiger partial charge on any atom is -0.309 e. The molecule has 0 saturated carbocycles. The zero-order valence-corrected chi connectivity index (χ0v) is 10.8. The molecule has 1 aromatic carbocycles. The van der Waals surface area contributed by atoms with Crippen LogP contribution in [0.15, 0.2) is 24.3 Å². The van der Waals surface area contributed by atoms with Gasteiger partial charge >= 0.3 is 0 Å². The van der Waals surface area contributed by atoms with Gasteiger partial charge < -0.3 is 5.32 Å². The minimum atomic E-state index is -2.87. The Bertz CT molecular complexity index is 423. The van der Waals surface area contributed by atoms with Gasteiger partial charge in [0.25, 0.3) is 0 Å². The number of nitrogens with one attached hydrogen (secondary N) is 1. The van der Waals surface area contributed by atoms with Crippen LogP contribution in [0.25, 0.3) is 0 Å². The first kappa shape index (κ1) is 13.2. The maximum Gasteiger partial charge on any atom is 0.148 e. The minimum absolute atomic E-state index is 0.183. The molecule has 0 aliphatic rings. The van der Waals surface area contributed by atoms with Crippen molar-refractivity contribution in [2.45, 2.75) is 19.9 Å². The third-order valence-electron chi connectivity index (χ3n) is 2.50. The molecule has 0 heterocycles. The van der Waals surface area contributed by atoms with Crippen LogP contribution < -0.4 is 5.32 Å². The van der Waals surface area contributed by atoms with E-state index in [2.05, 4.69) is 29.6 Å². The summed E-state index contributed by atoms with van der Waals surface area (Å²) in [5, 5.41) is 3.20. The first-order valence-corrected chi connectivity index (χ1v) is 7.42. The molecule has 0 aliphatic carbocycles. The summed E-state index contributed by atoms with van der Waals surface area (Å²) in [6.07, 6.45) is 1.26. The molecule has 0 radical (unpaired) electrons. The fraction of sp³-hybridized carbons (Fsp3) is 0.500. The van der Waals surface area contributed by atoms with Gasteiger partial charge in [0, 0.05) is 18.8 Å². The SMILES string of the molecule is Cc1ccc([C@@H](C)NCCS(C)(=O)=O)cc1. The normalized spacial score (nSPS) is 13.7. The molecule has 1 aromatic rings. The van der Waals surface area contributed by atoms with Crippen molar-refractivity contribution < 1.29 is 8.42 Å². The van der Waals surface area contributed by atoms with Gasteiger partial charge in [0.1, 0.15) is 9.84 Å². The summed E-state index contributed by atoms with van der Waals surface area (Å²) in [7, 11) is -2.87. The van der Waals surface area contributed by atoms with E-state index < -0.39 is 9.84 Å². The van der Waals surface area contributed by atoms with Gasteiger partial charge in [-0.3, -0.25) is 0 Å². The summed E-state index contributed by atoms with van der Waals surface area (Å²) in [4.78, 5) is 0. The van der Waals surface area contributed by atoms with Gasteiger partial charge in [0.15, 0.2) is 0 Å². The van der Waals surface area contributed by atoms with Crippen LogP contribution in [0, 0.1) is 6.92 Å². The Morgan fingerprint density at radius 2 is 1.81 bits per heavy atom. The average Bonchev–Trinajstić information content (AvgIpc) is 2.16. The molecule has 1 rings (SSSR count). The highest BCUT2D eigenvalue weighted by molar-refractivity contribution is 7.90. The molecule has 0 unspecified atom stereocenters. The van der Waals surface area contributed by atoms with Crippen molar-refractivity contribution >= 4 is 9.84 Å². The van der Waals surface area contributed by atoms with Crippen LogP contribution in [0.1, 0.15) is 24.1 Å². The third-order valence-corrected chi connectivity index (χ3v) is 3.45. The molecule has 3 nitrogen and oxygen atoms in total. The van der Waals surface area contributed by atoms with Gasteiger partial charge in [-0.25, -0.2) is 8.42 Å². The topological polar surface area (TPSA) is 46.2 Å². The number of hydrogen-bond donors (Lipinski definition) is 1. The molecule has 0 fully saturated rings. The highest BCUT2D eigenvalue weighted by atomic mass is 32.2. The zero-order valence-electron chi connectivity index (χ0n) is 10.0. The van der Waals surface area contributed by atoms with Crippen molar-refractivity contribution in [2.24, 2.45) is 0 Å². The number of rotatable bonds is 5. The van der Waals surface area contributed by atoms with E-state index in [4.69, 9.17) is 0 Å². The Labute approximate surface area is 97.8 Å². The van der Waals surface area contributed by atoms with Crippen molar-refractivity contribution in [1.82, 2.24) is 5.32 Å². The van der Waals surface area contributed by atoms with Crippen LogP contribution >= 0.6 is 0 Å². The van der Waals surface area contributed by atoms with E-state index in [0.29, 0.717) is 6.54 Å². The van der Waals surface area contributed by atoms with Crippen LogP contribution in [-0.2, 0) is 9.84 Å². The molecule has 1 atom stereocenters. The van der Waals surface area contributed by atoms with Crippen molar-refractivity contribution in [2.75, 3.05) is 18.6 Å². The van der Waals surface area contributed by atoms with E-state index >= 15 is 0 Å². The van der Waals surface area contributed by atoms with E-state index in [0.717, 1.165) is 0 Å². The van der Waals surface area contributed by atoms with E-state index in [1.165, 1.54) is 17.4 Å². The van der Waals surface area contributed by atoms with Gasteiger partial charge in [-0.15, -0.1) is 0 Å². The summed E-state index contributed by atoms with van der Waals surface area (Å²) >= 11 is 0. The number of sulfone groups is 1. The molecule has 0 saturated heterocycles. The van der Waals surface area contributed by atoms with Crippen molar-refractivity contribution in [3.63, 3.8) is 0 Å². The van der Waals surface area contributed by atoms with Gasteiger partial charge in [0.05, 0.1) is 5.75 Å². The Hall–Kier alpha value is -0.870. The molecule has 4 heteroatoms. The van der Waals surface area contributed by atoms with Crippen molar-refractivity contribution in [3.8, 4) is 0 Å². The smallest absolute Gasteiger partial charge is 0.148 e. The van der Waals surface area contributed by atoms with Crippen LogP contribution in [0.5, 0.6) is 0 Å². The molecule has 1 N–H and O–H groups in total. The second-order valence-corrected chi connectivity index (χ2v) is 6.48.